The highest BCUT2D eigenvalue weighted by Gasteiger charge is 2.49. The predicted octanol–water partition coefficient (Wildman–Crippen LogP) is 5.34. The lowest BCUT2D eigenvalue weighted by atomic mass is 10.0. The molecule has 5 heteroatoms. The Kier molecular flexibility index (Phi) is 10.1. The third kappa shape index (κ3) is 6.28. The van der Waals surface area contributed by atoms with Crippen molar-refractivity contribution in [1.82, 2.24) is 5.32 Å². The number of hydrogen-bond acceptors (Lipinski definition) is 4. The molecule has 1 N–H and O–H groups in total. The van der Waals surface area contributed by atoms with Gasteiger partial charge in [0.25, 0.3) is 0 Å². The van der Waals surface area contributed by atoms with Gasteiger partial charge >= 0.3 is 7.60 Å². The van der Waals surface area contributed by atoms with E-state index in [0.717, 1.165) is 12.0 Å². The van der Waals surface area contributed by atoms with Gasteiger partial charge in [0.1, 0.15) is 5.28 Å². The zero-order chi connectivity index (χ0) is 18.6. The Morgan fingerprint density at radius 2 is 1.72 bits per heavy atom. The monoisotopic (exact) mass is 365 g/mol. The molecule has 0 fully saturated rings. The second kappa shape index (κ2) is 11.5. The molecule has 0 aliphatic rings. The molecule has 1 aromatic rings. The Balaban J connectivity index is 3.17. The summed E-state index contributed by atoms with van der Waals surface area (Å²) < 4.78 is 25.1. The molecule has 0 aliphatic heterocycles. The van der Waals surface area contributed by atoms with Crippen LogP contribution in [0.4, 0.5) is 0 Å². The minimum absolute atomic E-state index is 0.356. The van der Waals surface area contributed by atoms with Gasteiger partial charge in [-0.3, -0.25) is 9.88 Å². The maximum Gasteiger partial charge on any atom is 0.350 e. The van der Waals surface area contributed by atoms with E-state index < -0.39 is 12.9 Å². The fraction of sp³-hybridized carbons (Fsp3) is 0.600. The van der Waals surface area contributed by atoms with E-state index >= 15 is 0 Å². The molecule has 0 amide bonds. The van der Waals surface area contributed by atoms with Gasteiger partial charge in [-0.25, -0.2) is 0 Å². The summed E-state index contributed by atoms with van der Waals surface area (Å²) >= 11 is 0. The van der Waals surface area contributed by atoms with Gasteiger partial charge in [0.15, 0.2) is 0 Å². The summed E-state index contributed by atoms with van der Waals surface area (Å²) in [6, 6.07) is 10.1. The fourth-order valence-electron chi connectivity index (χ4n) is 2.97. The molecule has 0 bridgehead atoms. The largest absolute Gasteiger partial charge is 0.350 e. The normalized spacial score (nSPS) is 13.8. The van der Waals surface area contributed by atoms with E-state index in [1.807, 2.05) is 39.0 Å². The van der Waals surface area contributed by atoms with Crippen LogP contribution < -0.4 is 5.32 Å². The van der Waals surface area contributed by atoms with E-state index in [1.165, 1.54) is 0 Å². The average molecular weight is 365 g/mol. The highest BCUT2D eigenvalue weighted by Crippen LogP contribution is 2.62. The number of rotatable bonds is 12. The van der Waals surface area contributed by atoms with Crippen molar-refractivity contribution in [2.24, 2.45) is 0 Å². The summed E-state index contributed by atoms with van der Waals surface area (Å²) in [7, 11) is -3.33. The van der Waals surface area contributed by atoms with Crippen molar-refractivity contribution in [2.45, 2.75) is 65.2 Å². The number of hydrogen-bond donors (Lipinski definition) is 1. The topological polar surface area (TPSA) is 47.6 Å². The average Bonchev–Trinajstić information content (AvgIpc) is 2.61. The van der Waals surface area contributed by atoms with Crippen LogP contribution in [-0.2, 0) is 20.2 Å². The molecule has 1 unspecified atom stereocenters. The molecule has 0 radical (unpaired) electrons. The van der Waals surface area contributed by atoms with Crippen LogP contribution in [0.5, 0.6) is 0 Å². The highest BCUT2D eigenvalue weighted by molar-refractivity contribution is 7.55. The highest BCUT2D eigenvalue weighted by atomic mass is 31.2. The van der Waals surface area contributed by atoms with Gasteiger partial charge in [-0.1, -0.05) is 43.7 Å². The molecule has 0 saturated carbocycles. The third-order valence-corrected chi connectivity index (χ3v) is 6.94. The maximum absolute atomic E-state index is 13.7. The quantitative estimate of drug-likeness (QED) is 0.401. The van der Waals surface area contributed by atoms with E-state index in [2.05, 4.69) is 36.2 Å². The van der Waals surface area contributed by atoms with E-state index in [9.17, 15) is 4.57 Å². The van der Waals surface area contributed by atoms with Gasteiger partial charge in [-0.15, -0.1) is 11.8 Å². The summed E-state index contributed by atoms with van der Waals surface area (Å²) in [5.41, 5.74) is 1.14. The summed E-state index contributed by atoms with van der Waals surface area (Å²) in [6.45, 7) is 8.95. The van der Waals surface area contributed by atoms with Crippen LogP contribution in [0.25, 0.3) is 0 Å². The standard InChI is InChI=1S/C20H32NO3P/c1-5-9-13-17-20(16-6-2,25(22,23-7-3)24-8-4)21-18-19-14-11-10-12-15-19/h10-12,14-15,21H,6-8,13,16-18H2,1-4H3. The molecule has 140 valence electrons. The minimum Gasteiger partial charge on any atom is -0.308 e. The van der Waals surface area contributed by atoms with E-state index in [0.29, 0.717) is 39.0 Å². The SMILES string of the molecule is CC#CCCC(CCC)(NCc1ccccc1)P(=O)(OCC)OCC. The Morgan fingerprint density at radius 1 is 1.08 bits per heavy atom. The predicted molar refractivity (Wildman–Crippen MR) is 104 cm³/mol. The number of nitrogens with one attached hydrogen (secondary N) is 1. The van der Waals surface area contributed by atoms with Crippen LogP contribution >= 0.6 is 7.60 Å². The van der Waals surface area contributed by atoms with Crippen molar-refractivity contribution < 1.29 is 13.6 Å². The Bertz CT molecular complexity index is 584. The van der Waals surface area contributed by atoms with Gasteiger partial charge in [0.05, 0.1) is 13.2 Å². The third-order valence-electron chi connectivity index (χ3n) is 4.09. The second-order valence-corrected chi connectivity index (χ2v) is 8.25. The smallest absolute Gasteiger partial charge is 0.308 e. The zero-order valence-corrected chi connectivity index (χ0v) is 16.9. The Morgan fingerprint density at radius 3 is 2.24 bits per heavy atom. The second-order valence-electron chi connectivity index (χ2n) is 5.88. The van der Waals surface area contributed by atoms with Crippen LogP contribution in [0, 0.1) is 11.8 Å². The van der Waals surface area contributed by atoms with Crippen molar-refractivity contribution >= 4 is 7.60 Å². The van der Waals surface area contributed by atoms with Gasteiger partial charge < -0.3 is 9.05 Å². The first kappa shape index (κ1) is 21.9. The first-order chi connectivity index (χ1) is 12.1. The first-order valence-corrected chi connectivity index (χ1v) is 10.7. The molecular weight excluding hydrogens is 333 g/mol. The van der Waals surface area contributed by atoms with E-state index in [1.54, 1.807) is 0 Å². The van der Waals surface area contributed by atoms with E-state index in [-0.39, 0.29) is 0 Å². The van der Waals surface area contributed by atoms with Gasteiger partial charge in [-0.05, 0) is 39.2 Å². The molecule has 0 heterocycles. The van der Waals surface area contributed by atoms with Crippen LogP contribution in [0.2, 0.25) is 0 Å². The molecule has 0 aliphatic carbocycles. The molecule has 1 atom stereocenters. The van der Waals surface area contributed by atoms with Crippen LogP contribution in [0.3, 0.4) is 0 Å². The Hall–Kier alpha value is -1.11. The van der Waals surface area contributed by atoms with Crippen LogP contribution in [0.15, 0.2) is 30.3 Å². The molecule has 1 aromatic carbocycles. The number of benzene rings is 1. The van der Waals surface area contributed by atoms with E-state index in [4.69, 9.17) is 9.05 Å². The molecule has 0 spiro atoms. The lowest BCUT2D eigenvalue weighted by Crippen LogP contribution is -2.45. The molecule has 1 rings (SSSR count). The van der Waals surface area contributed by atoms with Crippen molar-refractivity contribution in [3.8, 4) is 11.8 Å². The molecular formula is C20H32NO3P. The molecule has 4 nitrogen and oxygen atoms in total. The molecule has 0 aromatic heterocycles. The van der Waals surface area contributed by atoms with Crippen LogP contribution in [0.1, 0.15) is 58.9 Å². The summed E-state index contributed by atoms with van der Waals surface area (Å²) in [6.07, 6.45) is 2.88. The minimum atomic E-state index is -3.33. The zero-order valence-electron chi connectivity index (χ0n) is 16.0. The maximum atomic E-state index is 13.7. The van der Waals surface area contributed by atoms with Gasteiger partial charge in [-0.2, -0.15) is 0 Å². The van der Waals surface area contributed by atoms with Crippen molar-refractivity contribution in [1.29, 1.82) is 0 Å². The molecule has 25 heavy (non-hydrogen) atoms. The molecule has 0 saturated heterocycles. The Labute approximate surface area is 153 Å². The van der Waals surface area contributed by atoms with Gasteiger partial charge in [0.2, 0.25) is 0 Å². The van der Waals surface area contributed by atoms with Crippen molar-refractivity contribution in [3.05, 3.63) is 35.9 Å². The van der Waals surface area contributed by atoms with Gasteiger partial charge in [0, 0.05) is 13.0 Å². The fourth-order valence-corrected chi connectivity index (χ4v) is 5.37. The lowest BCUT2D eigenvalue weighted by Gasteiger charge is -2.39. The van der Waals surface area contributed by atoms with Crippen LogP contribution in [-0.4, -0.2) is 18.5 Å². The van der Waals surface area contributed by atoms with Crippen molar-refractivity contribution in [2.75, 3.05) is 13.2 Å². The first-order valence-electron chi connectivity index (χ1n) is 9.15. The summed E-state index contributed by atoms with van der Waals surface area (Å²) in [5, 5.41) is 2.81. The summed E-state index contributed by atoms with van der Waals surface area (Å²) in [4.78, 5) is 0. The lowest BCUT2D eigenvalue weighted by molar-refractivity contribution is 0.176. The van der Waals surface area contributed by atoms with Crippen molar-refractivity contribution in [3.63, 3.8) is 0 Å². The summed E-state index contributed by atoms with van der Waals surface area (Å²) in [5.74, 6) is 6.02.